The normalized spacial score (nSPS) is 37.2. The van der Waals surface area contributed by atoms with E-state index in [2.05, 4.69) is 23.9 Å². The molecule has 2 aliphatic rings. The molecule has 0 spiro atoms. The van der Waals surface area contributed by atoms with Gasteiger partial charge >= 0.3 is 0 Å². The van der Waals surface area contributed by atoms with Crippen molar-refractivity contribution >= 4 is 0 Å². The van der Waals surface area contributed by atoms with Crippen LogP contribution in [0.5, 0.6) is 0 Å². The predicted molar refractivity (Wildman–Crippen MR) is 42.0 cm³/mol. The Balaban J connectivity index is 1.79. The highest BCUT2D eigenvalue weighted by atomic mass is 15.2. The second-order valence-corrected chi connectivity index (χ2v) is 3.82. The Kier molecular flexibility index (Phi) is 1.46. The van der Waals surface area contributed by atoms with Crippen molar-refractivity contribution in [2.75, 3.05) is 33.7 Å². The molecule has 2 fully saturated rings. The smallest absolute Gasteiger partial charge is 0.0157 e. The van der Waals surface area contributed by atoms with E-state index in [0.29, 0.717) is 0 Å². The quantitative estimate of drug-likeness (QED) is 0.515. The molecule has 0 amide bonds. The second-order valence-electron chi connectivity index (χ2n) is 3.82. The summed E-state index contributed by atoms with van der Waals surface area (Å²) in [5, 5.41) is 0. The van der Waals surface area contributed by atoms with Crippen molar-refractivity contribution < 1.29 is 0 Å². The molecule has 0 aromatic carbocycles. The first kappa shape index (κ1) is 6.62. The Hall–Kier alpha value is -0.0800. The van der Waals surface area contributed by atoms with Crippen LogP contribution in [0.15, 0.2) is 0 Å². The van der Waals surface area contributed by atoms with Gasteiger partial charge in [0.05, 0.1) is 0 Å². The van der Waals surface area contributed by atoms with Crippen LogP contribution in [-0.2, 0) is 0 Å². The molecule has 0 radical (unpaired) electrons. The largest absolute Gasteiger partial charge is 0.306 e. The summed E-state index contributed by atoms with van der Waals surface area (Å²) in [6.45, 7) is 3.98. The maximum absolute atomic E-state index is 2.48. The molecule has 0 bridgehead atoms. The highest BCUT2D eigenvalue weighted by Crippen LogP contribution is 2.28. The monoisotopic (exact) mass is 140 g/mol. The topological polar surface area (TPSA) is 6.48 Å². The third-order valence-corrected chi connectivity index (χ3v) is 2.98. The molecule has 2 aliphatic heterocycles. The van der Waals surface area contributed by atoms with Crippen molar-refractivity contribution in [3.05, 3.63) is 0 Å². The molecule has 0 aromatic rings. The van der Waals surface area contributed by atoms with Crippen LogP contribution in [0.3, 0.4) is 0 Å². The van der Waals surface area contributed by atoms with E-state index in [1.54, 1.807) is 0 Å². The zero-order valence-electron chi connectivity index (χ0n) is 6.88. The molecule has 10 heavy (non-hydrogen) atoms. The van der Waals surface area contributed by atoms with Gasteiger partial charge in [0.15, 0.2) is 0 Å². The highest BCUT2D eigenvalue weighted by molar-refractivity contribution is 4.93. The minimum atomic E-state index is 0.927. The molecule has 0 saturated carbocycles. The van der Waals surface area contributed by atoms with E-state index in [4.69, 9.17) is 0 Å². The Morgan fingerprint density at radius 2 is 1.90 bits per heavy atom. The number of nitrogens with zero attached hydrogens (tertiary/aromatic N) is 2. The minimum absolute atomic E-state index is 0.927. The fourth-order valence-electron chi connectivity index (χ4n) is 2.12. The number of likely N-dealkylation sites (tertiary alicyclic amines) is 2. The maximum atomic E-state index is 2.48. The number of hydrogen-bond donors (Lipinski definition) is 0. The van der Waals surface area contributed by atoms with Gasteiger partial charge in [0, 0.05) is 19.1 Å². The van der Waals surface area contributed by atoms with Crippen LogP contribution >= 0.6 is 0 Å². The fraction of sp³-hybridized carbons (Fsp3) is 1.00. The molecule has 1 unspecified atom stereocenters. The van der Waals surface area contributed by atoms with Crippen molar-refractivity contribution in [2.24, 2.45) is 5.92 Å². The van der Waals surface area contributed by atoms with Crippen molar-refractivity contribution in [1.29, 1.82) is 0 Å². The molecular formula is C8H16N2. The first-order chi connectivity index (χ1) is 4.77. The number of hydrogen-bond acceptors (Lipinski definition) is 2. The summed E-state index contributed by atoms with van der Waals surface area (Å²) < 4.78 is 0. The molecule has 1 atom stereocenters. The standard InChI is InChI=1S/C8H16N2/c1-9-5-7(6-9)8-3-4-10(8)2/h7-8H,3-6H2,1-2H3. The van der Waals surface area contributed by atoms with Gasteiger partial charge in [0.25, 0.3) is 0 Å². The summed E-state index contributed by atoms with van der Waals surface area (Å²) in [5.74, 6) is 0.990. The third kappa shape index (κ3) is 0.867. The van der Waals surface area contributed by atoms with Crippen molar-refractivity contribution in [2.45, 2.75) is 12.5 Å². The van der Waals surface area contributed by atoms with E-state index in [9.17, 15) is 0 Å². The maximum Gasteiger partial charge on any atom is 0.0157 e. The van der Waals surface area contributed by atoms with Gasteiger partial charge in [-0.2, -0.15) is 0 Å². The summed E-state index contributed by atoms with van der Waals surface area (Å²) in [5.41, 5.74) is 0. The Morgan fingerprint density at radius 1 is 1.20 bits per heavy atom. The summed E-state index contributed by atoms with van der Waals surface area (Å²) in [6.07, 6.45) is 1.44. The van der Waals surface area contributed by atoms with E-state index >= 15 is 0 Å². The Morgan fingerprint density at radius 3 is 2.20 bits per heavy atom. The zero-order chi connectivity index (χ0) is 7.14. The lowest BCUT2D eigenvalue weighted by molar-refractivity contribution is -0.00446. The molecule has 0 N–H and O–H groups in total. The van der Waals surface area contributed by atoms with Crippen LogP contribution in [0.1, 0.15) is 6.42 Å². The molecule has 2 heteroatoms. The van der Waals surface area contributed by atoms with Crippen molar-refractivity contribution in [1.82, 2.24) is 9.80 Å². The lowest BCUT2D eigenvalue weighted by Gasteiger charge is -2.50. The molecule has 0 aliphatic carbocycles. The molecular weight excluding hydrogens is 124 g/mol. The van der Waals surface area contributed by atoms with Gasteiger partial charge in [-0.1, -0.05) is 0 Å². The number of rotatable bonds is 1. The third-order valence-electron chi connectivity index (χ3n) is 2.98. The van der Waals surface area contributed by atoms with Crippen molar-refractivity contribution in [3.63, 3.8) is 0 Å². The molecule has 2 rings (SSSR count). The lowest BCUT2D eigenvalue weighted by Crippen LogP contribution is -2.59. The van der Waals surface area contributed by atoms with E-state index < -0.39 is 0 Å². The van der Waals surface area contributed by atoms with E-state index in [0.717, 1.165) is 12.0 Å². The van der Waals surface area contributed by atoms with Gasteiger partial charge in [-0.05, 0) is 33.0 Å². The molecule has 0 aromatic heterocycles. The predicted octanol–water partition coefficient (Wildman–Crippen LogP) is 0.252. The Labute approximate surface area is 62.8 Å². The summed E-state index contributed by atoms with van der Waals surface area (Å²) >= 11 is 0. The van der Waals surface area contributed by atoms with Gasteiger partial charge in [-0.15, -0.1) is 0 Å². The Bertz CT molecular complexity index is 129. The lowest BCUT2D eigenvalue weighted by atomic mass is 9.84. The van der Waals surface area contributed by atoms with Gasteiger partial charge < -0.3 is 9.80 Å². The second kappa shape index (κ2) is 2.21. The first-order valence-electron chi connectivity index (χ1n) is 4.16. The van der Waals surface area contributed by atoms with Crippen LogP contribution in [-0.4, -0.2) is 49.6 Å². The molecule has 2 saturated heterocycles. The summed E-state index contributed by atoms with van der Waals surface area (Å²) in [6, 6.07) is 0.927. The summed E-state index contributed by atoms with van der Waals surface area (Å²) in [7, 11) is 4.45. The minimum Gasteiger partial charge on any atom is -0.306 e. The van der Waals surface area contributed by atoms with Crippen molar-refractivity contribution in [3.8, 4) is 0 Å². The molecule has 58 valence electrons. The zero-order valence-corrected chi connectivity index (χ0v) is 6.88. The molecule has 2 heterocycles. The fourth-order valence-corrected chi connectivity index (χ4v) is 2.12. The SMILES string of the molecule is CN1CC(C2CCN2C)C1. The summed E-state index contributed by atoms with van der Waals surface area (Å²) in [4.78, 5) is 4.88. The average Bonchev–Trinajstić information content (AvgIpc) is 1.82. The highest BCUT2D eigenvalue weighted by Gasteiger charge is 2.37. The van der Waals surface area contributed by atoms with Gasteiger partial charge in [0.1, 0.15) is 0 Å². The van der Waals surface area contributed by atoms with Gasteiger partial charge in [-0.3, -0.25) is 0 Å². The molecule has 2 nitrogen and oxygen atoms in total. The van der Waals surface area contributed by atoms with E-state index in [-0.39, 0.29) is 0 Å². The van der Waals surface area contributed by atoms with Crippen LogP contribution in [0.2, 0.25) is 0 Å². The average molecular weight is 140 g/mol. The van der Waals surface area contributed by atoms with Crippen LogP contribution < -0.4 is 0 Å². The van der Waals surface area contributed by atoms with E-state index in [1.165, 1.54) is 26.1 Å². The van der Waals surface area contributed by atoms with Gasteiger partial charge in [0.2, 0.25) is 0 Å². The van der Waals surface area contributed by atoms with Crippen LogP contribution in [0, 0.1) is 5.92 Å². The van der Waals surface area contributed by atoms with Gasteiger partial charge in [-0.25, -0.2) is 0 Å². The van der Waals surface area contributed by atoms with Crippen LogP contribution in [0.4, 0.5) is 0 Å². The van der Waals surface area contributed by atoms with E-state index in [1.807, 2.05) is 0 Å². The first-order valence-corrected chi connectivity index (χ1v) is 4.16. The van der Waals surface area contributed by atoms with Crippen LogP contribution in [0.25, 0.3) is 0 Å².